The van der Waals surface area contributed by atoms with Crippen LogP contribution < -0.4 is 56.8 Å². The van der Waals surface area contributed by atoms with E-state index in [1.807, 2.05) is 0 Å². The zero-order chi connectivity index (χ0) is 10.1. The van der Waals surface area contributed by atoms with Gasteiger partial charge >= 0.3 is 58.4 Å². The smallest absolute Gasteiger partial charge is 0.445 e. The first-order valence-corrected chi connectivity index (χ1v) is 3.21. The minimum Gasteiger partial charge on any atom is -0.445 e. The van der Waals surface area contributed by atoms with Gasteiger partial charge in [-0.2, -0.15) is 9.65 Å². The van der Waals surface area contributed by atoms with Gasteiger partial charge in [0.15, 0.2) is 5.95 Å². The predicted octanol–water partition coefficient (Wildman–Crippen LogP) is -1.85. The first-order valence-electron chi connectivity index (χ1n) is 3.21. The van der Waals surface area contributed by atoms with Gasteiger partial charge in [0.2, 0.25) is 0 Å². The summed E-state index contributed by atoms with van der Waals surface area (Å²) < 4.78 is 48.5. The van der Waals surface area contributed by atoms with Crippen molar-refractivity contribution in [3.8, 4) is 6.07 Å². The van der Waals surface area contributed by atoms with Gasteiger partial charge in [0.25, 0.3) is 0 Å². The summed E-state index contributed by atoms with van der Waals surface area (Å²) in [5, 5.41) is 8.20. The molecule has 0 saturated carbocycles. The molecule has 0 aliphatic carbocycles. The van der Waals surface area contributed by atoms with Crippen LogP contribution in [0.1, 0.15) is 5.69 Å². The number of aromatic nitrogens is 1. The second-order valence-corrected chi connectivity index (χ2v) is 2.26. The van der Waals surface area contributed by atoms with E-state index in [0.717, 1.165) is 6.07 Å². The maximum Gasteiger partial charge on any atom is 1.00 e. The van der Waals surface area contributed by atoms with Crippen molar-refractivity contribution in [2.45, 2.75) is 0 Å². The van der Waals surface area contributed by atoms with Crippen LogP contribution in [-0.2, 0) is 0 Å². The van der Waals surface area contributed by atoms with E-state index < -0.39 is 18.4 Å². The Kier molecular flexibility index (Phi) is 5.25. The Morgan fingerprint density at radius 1 is 1.29 bits per heavy atom. The molecule has 2 nitrogen and oxygen atoms in total. The van der Waals surface area contributed by atoms with E-state index >= 15 is 0 Å². The van der Waals surface area contributed by atoms with Crippen molar-refractivity contribution >= 4 is 12.4 Å². The molecular formula is C6H2BF4KN2. The molecule has 8 heteroatoms. The zero-order valence-electron chi connectivity index (χ0n) is 7.14. The van der Waals surface area contributed by atoms with Gasteiger partial charge in [-0.1, -0.05) is 11.5 Å². The van der Waals surface area contributed by atoms with Gasteiger partial charge < -0.3 is 12.9 Å². The second kappa shape index (κ2) is 5.23. The second-order valence-electron chi connectivity index (χ2n) is 2.26. The summed E-state index contributed by atoms with van der Waals surface area (Å²) in [7, 11) is 0. The Morgan fingerprint density at radius 3 is 2.21 bits per heavy atom. The van der Waals surface area contributed by atoms with Crippen molar-refractivity contribution in [3.63, 3.8) is 0 Å². The van der Waals surface area contributed by atoms with Gasteiger partial charge in [-0.25, -0.2) is 4.98 Å². The molecule has 0 radical (unpaired) electrons. The number of hydrogen-bond donors (Lipinski definition) is 0. The molecular weight excluding hydrogens is 226 g/mol. The van der Waals surface area contributed by atoms with Crippen LogP contribution in [-0.4, -0.2) is 12.0 Å². The average Bonchev–Trinajstić information content (AvgIpc) is 2.01. The molecule has 1 rings (SSSR count). The largest absolute Gasteiger partial charge is 1.00 e. The van der Waals surface area contributed by atoms with E-state index in [2.05, 4.69) is 4.98 Å². The van der Waals surface area contributed by atoms with Crippen LogP contribution in [0.3, 0.4) is 0 Å². The van der Waals surface area contributed by atoms with Gasteiger partial charge in [-0.15, -0.1) is 0 Å². The van der Waals surface area contributed by atoms with E-state index in [9.17, 15) is 17.3 Å². The quantitative estimate of drug-likeness (QED) is 0.321. The number of halogens is 4. The molecule has 68 valence electrons. The number of hydrogen-bond acceptors (Lipinski definition) is 2. The molecule has 0 unspecified atom stereocenters. The fourth-order valence-corrected chi connectivity index (χ4v) is 0.751. The minimum atomic E-state index is -5.40. The van der Waals surface area contributed by atoms with Crippen LogP contribution in [0.15, 0.2) is 12.1 Å². The van der Waals surface area contributed by atoms with Gasteiger partial charge in [-0.05, 0) is 6.07 Å². The van der Waals surface area contributed by atoms with Crippen molar-refractivity contribution in [2.24, 2.45) is 0 Å². The topological polar surface area (TPSA) is 36.7 Å². The van der Waals surface area contributed by atoms with Crippen LogP contribution >= 0.6 is 0 Å². The summed E-state index contributed by atoms with van der Waals surface area (Å²) in [6.07, 6.45) is 0. The molecule has 0 aromatic carbocycles. The number of nitriles is 1. The van der Waals surface area contributed by atoms with Crippen LogP contribution in [0.2, 0.25) is 0 Å². The minimum absolute atomic E-state index is 0. The molecule has 0 amide bonds. The van der Waals surface area contributed by atoms with Crippen LogP contribution in [0.4, 0.5) is 17.3 Å². The van der Waals surface area contributed by atoms with Crippen LogP contribution in [0, 0.1) is 17.3 Å². The fraction of sp³-hybridized carbons (Fsp3) is 0. The first kappa shape index (κ1) is 14.1. The van der Waals surface area contributed by atoms with Crippen LogP contribution in [0.25, 0.3) is 0 Å². The zero-order valence-corrected chi connectivity index (χ0v) is 10.3. The number of nitrogens with zero attached hydrogens (tertiary/aromatic N) is 2. The van der Waals surface area contributed by atoms with E-state index in [1.54, 1.807) is 0 Å². The van der Waals surface area contributed by atoms with Crippen molar-refractivity contribution in [1.82, 2.24) is 4.98 Å². The third kappa shape index (κ3) is 3.33. The third-order valence-electron chi connectivity index (χ3n) is 1.34. The van der Waals surface area contributed by atoms with Crippen molar-refractivity contribution in [1.29, 1.82) is 5.26 Å². The third-order valence-corrected chi connectivity index (χ3v) is 1.34. The average molecular weight is 228 g/mol. The summed E-state index contributed by atoms with van der Waals surface area (Å²) in [6, 6.07) is 2.78. The Hall–Kier alpha value is 0.0613. The van der Waals surface area contributed by atoms with Gasteiger partial charge in [0.1, 0.15) is 11.8 Å². The standard InChI is InChI=1S/C6H2BF4N2.K/c8-6-5(7(9,10)11)2-1-4(3-12)13-6;/h1-2H;/q-1;+1. The predicted molar refractivity (Wildman–Crippen MR) is 37.6 cm³/mol. The molecule has 0 N–H and O–H groups in total. The molecule has 1 aromatic rings. The molecule has 1 heterocycles. The van der Waals surface area contributed by atoms with E-state index in [0.29, 0.717) is 6.07 Å². The summed E-state index contributed by atoms with van der Waals surface area (Å²) in [6.45, 7) is -5.40. The van der Waals surface area contributed by atoms with E-state index in [-0.39, 0.29) is 57.1 Å². The fourth-order valence-electron chi connectivity index (χ4n) is 0.751. The van der Waals surface area contributed by atoms with Gasteiger partial charge in [0, 0.05) is 0 Å². The first-order chi connectivity index (χ1) is 5.95. The Morgan fingerprint density at radius 2 is 1.86 bits per heavy atom. The van der Waals surface area contributed by atoms with E-state index in [1.165, 1.54) is 6.07 Å². The molecule has 0 aliphatic heterocycles. The van der Waals surface area contributed by atoms with Gasteiger partial charge in [0.05, 0.1) is 0 Å². The normalized spacial score (nSPS) is 10.2. The maximum atomic E-state index is 12.6. The molecule has 0 atom stereocenters. The molecule has 0 spiro atoms. The van der Waals surface area contributed by atoms with Crippen molar-refractivity contribution in [2.75, 3.05) is 0 Å². The maximum absolute atomic E-state index is 12.6. The summed E-state index contributed by atoms with van der Waals surface area (Å²) >= 11 is 0. The Balaban J connectivity index is 0.00000169. The SMILES string of the molecule is N#Cc1ccc([B-](F)(F)F)c(F)n1.[K+]. The van der Waals surface area contributed by atoms with Gasteiger partial charge in [-0.3, -0.25) is 0 Å². The monoisotopic (exact) mass is 228 g/mol. The molecule has 14 heavy (non-hydrogen) atoms. The molecule has 0 aliphatic rings. The Bertz CT molecular complexity index is 373. The van der Waals surface area contributed by atoms with Crippen LogP contribution in [0.5, 0.6) is 0 Å². The summed E-state index contributed by atoms with van der Waals surface area (Å²) in [4.78, 5) is 2.83. The Labute approximate surface area is 120 Å². The summed E-state index contributed by atoms with van der Waals surface area (Å²) in [5.74, 6) is -1.65. The summed E-state index contributed by atoms with van der Waals surface area (Å²) in [5.41, 5.74) is -1.78. The molecule has 0 saturated heterocycles. The van der Waals surface area contributed by atoms with Crippen molar-refractivity contribution in [3.05, 3.63) is 23.8 Å². The van der Waals surface area contributed by atoms with Crippen molar-refractivity contribution < 1.29 is 68.7 Å². The number of pyridine rings is 1. The molecule has 0 bridgehead atoms. The number of rotatable bonds is 1. The molecule has 0 fully saturated rings. The van der Waals surface area contributed by atoms with E-state index in [4.69, 9.17) is 5.26 Å². The molecule has 1 aromatic heterocycles.